The topological polar surface area (TPSA) is 108 Å². The predicted molar refractivity (Wildman–Crippen MR) is 99.0 cm³/mol. The Labute approximate surface area is 160 Å². The lowest BCUT2D eigenvalue weighted by atomic mass is 10.1. The van der Waals surface area contributed by atoms with Gasteiger partial charge in [0.15, 0.2) is 13.2 Å². The quantitative estimate of drug-likeness (QED) is 0.419. The molecule has 27 heavy (non-hydrogen) atoms. The van der Waals surface area contributed by atoms with Gasteiger partial charge >= 0.3 is 5.97 Å². The van der Waals surface area contributed by atoms with Gasteiger partial charge < -0.3 is 14.8 Å². The zero-order valence-corrected chi connectivity index (χ0v) is 15.2. The van der Waals surface area contributed by atoms with E-state index in [1.54, 1.807) is 12.1 Å². The first-order valence-corrected chi connectivity index (χ1v) is 8.38. The molecule has 0 aliphatic rings. The number of nitro groups is 1. The summed E-state index contributed by atoms with van der Waals surface area (Å²) in [5.74, 6) is -0.828. The van der Waals surface area contributed by atoms with E-state index in [9.17, 15) is 19.7 Å². The molecule has 8 nitrogen and oxygen atoms in total. The van der Waals surface area contributed by atoms with Gasteiger partial charge in [0.1, 0.15) is 5.75 Å². The van der Waals surface area contributed by atoms with Crippen molar-refractivity contribution in [2.75, 3.05) is 18.5 Å². The van der Waals surface area contributed by atoms with E-state index in [4.69, 9.17) is 21.1 Å². The number of ether oxygens (including phenoxy) is 2. The lowest BCUT2D eigenvalue weighted by Gasteiger charge is -2.10. The fraction of sp³-hybridized carbons (Fsp3) is 0.222. The zero-order valence-electron chi connectivity index (χ0n) is 14.4. The Morgan fingerprint density at radius 1 is 1.19 bits per heavy atom. The van der Waals surface area contributed by atoms with Crippen molar-refractivity contribution in [2.45, 2.75) is 13.3 Å². The molecule has 1 amide bonds. The fourth-order valence-electron chi connectivity index (χ4n) is 2.17. The van der Waals surface area contributed by atoms with E-state index in [2.05, 4.69) is 5.32 Å². The smallest absolute Gasteiger partial charge is 0.344 e. The first kappa shape index (κ1) is 20.2. The molecule has 2 rings (SSSR count). The van der Waals surface area contributed by atoms with Gasteiger partial charge in [-0.1, -0.05) is 36.7 Å². The number of rotatable bonds is 8. The van der Waals surface area contributed by atoms with Crippen LogP contribution in [0.25, 0.3) is 0 Å². The van der Waals surface area contributed by atoms with Crippen LogP contribution in [0.2, 0.25) is 5.02 Å². The van der Waals surface area contributed by atoms with Gasteiger partial charge in [0, 0.05) is 12.1 Å². The van der Waals surface area contributed by atoms with Crippen LogP contribution in [0.5, 0.6) is 5.75 Å². The number of carbonyl (C=O) groups is 2. The third-order valence-electron chi connectivity index (χ3n) is 3.50. The monoisotopic (exact) mass is 392 g/mol. The number of hydrogen-bond acceptors (Lipinski definition) is 6. The van der Waals surface area contributed by atoms with Crippen molar-refractivity contribution < 1.29 is 24.0 Å². The van der Waals surface area contributed by atoms with Crippen LogP contribution >= 0.6 is 11.6 Å². The summed E-state index contributed by atoms with van der Waals surface area (Å²) < 4.78 is 10.2. The van der Waals surface area contributed by atoms with Gasteiger partial charge in [-0.3, -0.25) is 14.9 Å². The van der Waals surface area contributed by atoms with Gasteiger partial charge in [-0.05, 0) is 24.1 Å². The van der Waals surface area contributed by atoms with E-state index >= 15 is 0 Å². The first-order chi connectivity index (χ1) is 12.9. The van der Waals surface area contributed by atoms with E-state index in [1.165, 1.54) is 12.1 Å². The second-order valence-electron chi connectivity index (χ2n) is 5.38. The summed E-state index contributed by atoms with van der Waals surface area (Å²) in [6, 6.07) is 10.9. The highest BCUT2D eigenvalue weighted by molar-refractivity contribution is 6.33. The summed E-state index contributed by atoms with van der Waals surface area (Å²) >= 11 is 5.89. The number of hydrogen-bond donors (Lipinski definition) is 1. The summed E-state index contributed by atoms with van der Waals surface area (Å²) in [7, 11) is 0. The lowest BCUT2D eigenvalue weighted by Crippen LogP contribution is -2.24. The summed E-state index contributed by atoms with van der Waals surface area (Å²) in [5, 5.41) is 13.3. The maximum Gasteiger partial charge on any atom is 0.344 e. The van der Waals surface area contributed by atoms with Gasteiger partial charge in [-0.25, -0.2) is 4.79 Å². The summed E-state index contributed by atoms with van der Waals surface area (Å²) in [5.41, 5.74) is 0.776. The fourth-order valence-corrected chi connectivity index (χ4v) is 2.33. The highest BCUT2D eigenvalue weighted by Crippen LogP contribution is 2.26. The Hall–Kier alpha value is -3.13. The maximum absolute atomic E-state index is 11.9. The van der Waals surface area contributed by atoms with Crippen LogP contribution in [0, 0.1) is 10.1 Å². The van der Waals surface area contributed by atoms with Gasteiger partial charge in [0.2, 0.25) is 0 Å². The standard InChI is InChI=1S/C18H17ClN2O6/c1-2-12-5-3-4-6-16(12)26-11-18(23)27-10-17(22)20-15-9-13(21(24)25)7-8-14(15)19/h3-9H,2,10-11H2,1H3,(H,20,22). The van der Waals surface area contributed by atoms with Crippen LogP contribution < -0.4 is 10.1 Å². The molecule has 0 fully saturated rings. The molecule has 0 radical (unpaired) electrons. The van der Waals surface area contributed by atoms with Crippen molar-refractivity contribution >= 4 is 34.9 Å². The number of nitrogens with zero attached hydrogens (tertiary/aromatic N) is 1. The number of para-hydroxylation sites is 1. The average molecular weight is 393 g/mol. The molecule has 9 heteroatoms. The molecule has 0 spiro atoms. The first-order valence-electron chi connectivity index (χ1n) is 8.00. The number of nitro benzene ring substituents is 1. The molecule has 0 unspecified atom stereocenters. The molecule has 0 bridgehead atoms. The van der Waals surface area contributed by atoms with Crippen LogP contribution in [0.1, 0.15) is 12.5 Å². The average Bonchev–Trinajstić information content (AvgIpc) is 2.66. The Bertz CT molecular complexity index is 855. The number of esters is 1. The van der Waals surface area contributed by atoms with Crippen molar-refractivity contribution in [1.82, 2.24) is 0 Å². The normalized spacial score (nSPS) is 10.1. The molecule has 0 saturated heterocycles. The molecule has 0 atom stereocenters. The van der Waals surface area contributed by atoms with Gasteiger partial charge in [0.05, 0.1) is 15.6 Å². The number of carbonyl (C=O) groups excluding carboxylic acids is 2. The minimum atomic E-state index is -0.721. The van der Waals surface area contributed by atoms with E-state index in [-0.39, 0.29) is 23.0 Å². The number of aryl methyl sites for hydroxylation is 1. The highest BCUT2D eigenvalue weighted by atomic mass is 35.5. The van der Waals surface area contributed by atoms with Crippen LogP contribution in [-0.4, -0.2) is 30.0 Å². The van der Waals surface area contributed by atoms with Crippen LogP contribution in [0.15, 0.2) is 42.5 Å². The van der Waals surface area contributed by atoms with Crippen molar-refractivity contribution in [3.05, 3.63) is 63.2 Å². The maximum atomic E-state index is 11.9. The largest absolute Gasteiger partial charge is 0.482 e. The molecular formula is C18H17ClN2O6. The third kappa shape index (κ3) is 5.96. The molecule has 0 saturated carbocycles. The third-order valence-corrected chi connectivity index (χ3v) is 3.83. The Balaban J connectivity index is 1.84. The van der Waals surface area contributed by atoms with E-state index in [0.717, 1.165) is 18.1 Å². The minimum absolute atomic E-state index is 0.0556. The minimum Gasteiger partial charge on any atom is -0.482 e. The van der Waals surface area contributed by atoms with E-state index in [0.29, 0.717) is 5.75 Å². The molecule has 2 aromatic rings. The van der Waals surface area contributed by atoms with E-state index in [1.807, 2.05) is 19.1 Å². The van der Waals surface area contributed by atoms with E-state index < -0.39 is 23.4 Å². The molecule has 1 N–H and O–H groups in total. The Kier molecular flexibility index (Phi) is 7.13. The molecule has 2 aromatic carbocycles. The van der Waals surface area contributed by atoms with Crippen LogP contribution in [0.3, 0.4) is 0 Å². The highest BCUT2D eigenvalue weighted by Gasteiger charge is 2.14. The lowest BCUT2D eigenvalue weighted by molar-refractivity contribution is -0.384. The van der Waals surface area contributed by atoms with Crippen molar-refractivity contribution in [3.63, 3.8) is 0 Å². The summed E-state index contributed by atoms with van der Waals surface area (Å²) in [6.45, 7) is 1.04. The van der Waals surface area contributed by atoms with Crippen LogP contribution in [-0.2, 0) is 20.7 Å². The predicted octanol–water partition coefficient (Wildman–Crippen LogP) is 3.37. The van der Waals surface area contributed by atoms with Crippen molar-refractivity contribution in [1.29, 1.82) is 0 Å². The number of nitrogens with one attached hydrogen (secondary N) is 1. The molecule has 0 aliphatic heterocycles. The number of halogens is 1. The van der Waals surface area contributed by atoms with Gasteiger partial charge in [-0.15, -0.1) is 0 Å². The zero-order chi connectivity index (χ0) is 19.8. The molecule has 0 aromatic heterocycles. The number of amides is 1. The molecule has 0 heterocycles. The Morgan fingerprint density at radius 2 is 1.93 bits per heavy atom. The SMILES string of the molecule is CCc1ccccc1OCC(=O)OCC(=O)Nc1cc([N+](=O)[O-])ccc1Cl. The van der Waals surface area contributed by atoms with Gasteiger partial charge in [-0.2, -0.15) is 0 Å². The second kappa shape index (κ2) is 9.54. The summed E-state index contributed by atoms with van der Waals surface area (Å²) in [4.78, 5) is 33.8. The summed E-state index contributed by atoms with van der Waals surface area (Å²) in [6.07, 6.45) is 0.748. The molecule has 0 aliphatic carbocycles. The van der Waals surface area contributed by atoms with Crippen molar-refractivity contribution in [2.24, 2.45) is 0 Å². The number of benzene rings is 2. The number of anilines is 1. The molecular weight excluding hydrogens is 376 g/mol. The number of non-ortho nitro benzene ring substituents is 1. The second-order valence-corrected chi connectivity index (χ2v) is 5.79. The van der Waals surface area contributed by atoms with Crippen LogP contribution in [0.4, 0.5) is 11.4 Å². The Morgan fingerprint density at radius 3 is 2.63 bits per heavy atom. The van der Waals surface area contributed by atoms with Crippen molar-refractivity contribution in [3.8, 4) is 5.75 Å². The van der Waals surface area contributed by atoms with Gasteiger partial charge in [0.25, 0.3) is 11.6 Å². The molecule has 142 valence electrons.